The summed E-state index contributed by atoms with van der Waals surface area (Å²) in [5.41, 5.74) is 0.882. The predicted molar refractivity (Wildman–Crippen MR) is 85.8 cm³/mol. The topological polar surface area (TPSA) is 59.4 Å². The van der Waals surface area contributed by atoms with Crippen LogP contribution in [0.1, 0.15) is 39.3 Å². The highest BCUT2D eigenvalue weighted by molar-refractivity contribution is 5.74. The number of nitrogens with zero attached hydrogens (tertiary/aromatic N) is 3. The summed E-state index contributed by atoms with van der Waals surface area (Å²) in [4.78, 5) is 14.2. The van der Waals surface area contributed by atoms with Gasteiger partial charge in [-0.25, -0.2) is 4.79 Å². The average Bonchev–Trinajstić information content (AvgIpc) is 2.83. The van der Waals surface area contributed by atoms with E-state index in [9.17, 15) is 4.79 Å². The summed E-state index contributed by atoms with van der Waals surface area (Å²) in [5, 5.41) is 7.31. The lowest BCUT2D eigenvalue weighted by Crippen LogP contribution is -2.54. The van der Waals surface area contributed by atoms with E-state index in [2.05, 4.69) is 24.3 Å². The highest BCUT2D eigenvalue weighted by Gasteiger charge is 2.30. The molecule has 0 bridgehead atoms. The van der Waals surface area contributed by atoms with E-state index in [0.29, 0.717) is 32.2 Å². The second-order valence-corrected chi connectivity index (χ2v) is 6.95. The van der Waals surface area contributed by atoms with Crippen LogP contribution in [-0.4, -0.2) is 52.6 Å². The summed E-state index contributed by atoms with van der Waals surface area (Å²) >= 11 is 0. The molecular formula is C16H28N4O2. The third-order valence-corrected chi connectivity index (χ3v) is 4.23. The zero-order valence-corrected chi connectivity index (χ0v) is 14.3. The maximum atomic E-state index is 12.4. The molecule has 1 aromatic heterocycles. The van der Waals surface area contributed by atoms with Gasteiger partial charge in [0, 0.05) is 37.9 Å². The molecule has 0 aromatic carbocycles. The summed E-state index contributed by atoms with van der Waals surface area (Å²) in [6.45, 7) is 10.8. The number of hydrogen-bond acceptors (Lipinski definition) is 3. The Hall–Kier alpha value is -1.56. The fourth-order valence-electron chi connectivity index (χ4n) is 2.93. The van der Waals surface area contributed by atoms with E-state index in [-0.39, 0.29) is 17.6 Å². The standard InChI is InChI=1S/C16H28N4O2/c1-12(2)13(14-6-7-18-19(14)5)10-17-15(21)20-8-9-22-16(3,4)11-20/h6-7,12-13H,8-11H2,1-5H3,(H,17,21)/t13-/m1/s1. The van der Waals surface area contributed by atoms with Crippen molar-refractivity contribution in [3.05, 3.63) is 18.0 Å². The molecule has 0 unspecified atom stereocenters. The van der Waals surface area contributed by atoms with Gasteiger partial charge in [0.25, 0.3) is 0 Å². The van der Waals surface area contributed by atoms with Gasteiger partial charge >= 0.3 is 6.03 Å². The van der Waals surface area contributed by atoms with Crippen molar-refractivity contribution in [3.63, 3.8) is 0 Å². The van der Waals surface area contributed by atoms with Crippen LogP contribution in [0.15, 0.2) is 12.3 Å². The smallest absolute Gasteiger partial charge is 0.317 e. The Morgan fingerprint density at radius 3 is 2.77 bits per heavy atom. The minimum atomic E-state index is -0.269. The molecule has 22 heavy (non-hydrogen) atoms. The van der Waals surface area contributed by atoms with E-state index in [1.54, 1.807) is 6.20 Å². The van der Waals surface area contributed by atoms with Crippen molar-refractivity contribution >= 4 is 6.03 Å². The molecule has 1 aliphatic heterocycles. The van der Waals surface area contributed by atoms with Crippen molar-refractivity contribution in [2.75, 3.05) is 26.2 Å². The molecule has 1 N–H and O–H groups in total. The molecule has 2 heterocycles. The van der Waals surface area contributed by atoms with Crippen molar-refractivity contribution in [1.29, 1.82) is 0 Å². The predicted octanol–water partition coefficient (Wildman–Crippen LogP) is 1.98. The van der Waals surface area contributed by atoms with Crippen LogP contribution in [0.25, 0.3) is 0 Å². The van der Waals surface area contributed by atoms with Gasteiger partial charge in [-0.2, -0.15) is 5.10 Å². The van der Waals surface area contributed by atoms with E-state index >= 15 is 0 Å². The Morgan fingerprint density at radius 1 is 1.50 bits per heavy atom. The molecule has 1 aliphatic rings. The molecule has 0 radical (unpaired) electrons. The first-order valence-electron chi connectivity index (χ1n) is 7.95. The largest absolute Gasteiger partial charge is 0.372 e. The Labute approximate surface area is 132 Å². The summed E-state index contributed by atoms with van der Waals surface area (Å²) in [5.74, 6) is 0.683. The molecular weight excluding hydrogens is 280 g/mol. The average molecular weight is 308 g/mol. The van der Waals surface area contributed by atoms with E-state index in [0.717, 1.165) is 5.69 Å². The number of carbonyl (C=O) groups is 1. The second-order valence-electron chi connectivity index (χ2n) is 6.95. The van der Waals surface area contributed by atoms with Crippen LogP contribution in [0, 0.1) is 5.92 Å². The van der Waals surface area contributed by atoms with Crippen LogP contribution >= 0.6 is 0 Å². The molecule has 1 atom stereocenters. The lowest BCUT2D eigenvalue weighted by atomic mass is 9.92. The fraction of sp³-hybridized carbons (Fsp3) is 0.750. The molecule has 0 spiro atoms. The third kappa shape index (κ3) is 4.00. The number of aryl methyl sites for hydroxylation is 1. The zero-order chi connectivity index (χ0) is 16.3. The Balaban J connectivity index is 1.95. The Morgan fingerprint density at radius 2 is 2.23 bits per heavy atom. The van der Waals surface area contributed by atoms with Gasteiger partial charge in [-0.3, -0.25) is 4.68 Å². The van der Waals surface area contributed by atoms with E-state index in [1.807, 2.05) is 36.5 Å². The number of rotatable bonds is 4. The van der Waals surface area contributed by atoms with Crippen LogP contribution in [0.4, 0.5) is 4.79 Å². The van der Waals surface area contributed by atoms with Gasteiger partial charge in [0.05, 0.1) is 18.8 Å². The van der Waals surface area contributed by atoms with E-state index in [4.69, 9.17) is 4.74 Å². The molecule has 1 aromatic rings. The van der Waals surface area contributed by atoms with Gasteiger partial charge < -0.3 is 15.0 Å². The molecule has 0 aliphatic carbocycles. The van der Waals surface area contributed by atoms with Crippen LogP contribution in [0.2, 0.25) is 0 Å². The molecule has 0 saturated carbocycles. The van der Waals surface area contributed by atoms with Gasteiger partial charge in [-0.1, -0.05) is 13.8 Å². The van der Waals surface area contributed by atoms with Gasteiger partial charge in [0.15, 0.2) is 0 Å². The summed E-state index contributed by atoms with van der Waals surface area (Å²) in [6.07, 6.45) is 1.80. The Kier molecular flexibility index (Phi) is 5.11. The van der Waals surface area contributed by atoms with Crippen molar-refractivity contribution < 1.29 is 9.53 Å². The van der Waals surface area contributed by atoms with Gasteiger partial charge in [-0.05, 0) is 25.8 Å². The molecule has 1 fully saturated rings. The number of morpholine rings is 1. The minimum Gasteiger partial charge on any atom is -0.372 e. The molecule has 6 heteroatoms. The van der Waals surface area contributed by atoms with Gasteiger partial charge in [0.2, 0.25) is 0 Å². The monoisotopic (exact) mass is 308 g/mol. The summed E-state index contributed by atoms with van der Waals surface area (Å²) in [6, 6.07) is 2.01. The van der Waals surface area contributed by atoms with Crippen molar-refractivity contribution in [1.82, 2.24) is 20.0 Å². The van der Waals surface area contributed by atoms with E-state index in [1.165, 1.54) is 0 Å². The van der Waals surface area contributed by atoms with Crippen LogP contribution < -0.4 is 5.32 Å². The zero-order valence-electron chi connectivity index (χ0n) is 14.3. The minimum absolute atomic E-state index is 0.0100. The fourth-order valence-corrected chi connectivity index (χ4v) is 2.93. The normalized spacial score (nSPS) is 19.3. The van der Waals surface area contributed by atoms with Crippen LogP contribution in [-0.2, 0) is 11.8 Å². The van der Waals surface area contributed by atoms with Crippen molar-refractivity contribution in [3.8, 4) is 0 Å². The number of carbonyl (C=O) groups excluding carboxylic acids is 1. The lowest BCUT2D eigenvalue weighted by Gasteiger charge is -2.38. The Bertz CT molecular complexity index is 510. The molecule has 2 rings (SSSR count). The number of ether oxygens (including phenoxy) is 1. The quantitative estimate of drug-likeness (QED) is 0.925. The maximum Gasteiger partial charge on any atom is 0.317 e. The van der Waals surface area contributed by atoms with Crippen molar-refractivity contribution in [2.24, 2.45) is 13.0 Å². The molecule has 124 valence electrons. The SMILES string of the molecule is CC(C)[C@@H](CNC(=O)N1CCOC(C)(C)C1)c1ccnn1C. The first-order valence-corrected chi connectivity index (χ1v) is 7.95. The molecule has 1 saturated heterocycles. The van der Waals surface area contributed by atoms with Crippen LogP contribution in [0.3, 0.4) is 0 Å². The third-order valence-electron chi connectivity index (χ3n) is 4.23. The van der Waals surface area contributed by atoms with Crippen LogP contribution in [0.5, 0.6) is 0 Å². The highest BCUT2D eigenvalue weighted by atomic mass is 16.5. The van der Waals surface area contributed by atoms with Gasteiger partial charge in [0.1, 0.15) is 0 Å². The number of hydrogen-bond donors (Lipinski definition) is 1. The second kappa shape index (κ2) is 6.69. The first kappa shape index (κ1) is 16.8. The maximum absolute atomic E-state index is 12.4. The molecule has 6 nitrogen and oxygen atoms in total. The summed E-state index contributed by atoms with van der Waals surface area (Å²) in [7, 11) is 1.94. The van der Waals surface area contributed by atoms with E-state index < -0.39 is 0 Å². The lowest BCUT2D eigenvalue weighted by molar-refractivity contribution is -0.0733. The highest BCUT2D eigenvalue weighted by Crippen LogP contribution is 2.23. The number of nitrogens with one attached hydrogen (secondary N) is 1. The number of amides is 2. The number of urea groups is 1. The van der Waals surface area contributed by atoms with Crippen molar-refractivity contribution in [2.45, 2.75) is 39.2 Å². The first-order chi connectivity index (χ1) is 10.3. The number of aromatic nitrogens is 2. The molecule has 2 amide bonds. The summed E-state index contributed by atoms with van der Waals surface area (Å²) < 4.78 is 7.53. The van der Waals surface area contributed by atoms with Gasteiger partial charge in [-0.15, -0.1) is 0 Å².